The zero-order valence-corrected chi connectivity index (χ0v) is 19.3. The molecule has 2 bridgehead atoms. The number of hydrogen-bond acceptors (Lipinski definition) is 6. The van der Waals surface area contributed by atoms with Crippen LogP contribution in [0.1, 0.15) is 36.0 Å². The van der Waals surface area contributed by atoms with Crippen LogP contribution in [0.25, 0.3) is 5.82 Å². The molecule has 0 radical (unpaired) electrons. The second-order valence-electron chi connectivity index (χ2n) is 8.60. The second kappa shape index (κ2) is 8.79. The molecule has 10 heteroatoms. The van der Waals surface area contributed by atoms with Gasteiger partial charge in [0.25, 0.3) is 15.9 Å². The summed E-state index contributed by atoms with van der Waals surface area (Å²) >= 11 is 6.20. The fraction of sp³-hybridized carbons (Fsp3) is 0.348. The molecular weight excluding hydrogens is 464 g/mol. The van der Waals surface area contributed by atoms with Gasteiger partial charge in [0.1, 0.15) is 5.15 Å². The molecule has 0 spiro atoms. The number of nitrogens with zero attached hydrogens (tertiary/aromatic N) is 3. The number of aromatic nitrogens is 3. The first-order valence-corrected chi connectivity index (χ1v) is 12.7. The molecule has 2 fully saturated rings. The maximum Gasteiger partial charge on any atom is 0.268 e. The van der Waals surface area contributed by atoms with E-state index in [0.717, 1.165) is 11.8 Å². The molecule has 2 aliphatic rings. The lowest BCUT2D eigenvalue weighted by atomic mass is 9.90. The number of ether oxygens (including phenoxy) is 1. The molecular formula is C23H23ClN4O4S. The average Bonchev–Trinajstić information content (AvgIpc) is 3.55. The summed E-state index contributed by atoms with van der Waals surface area (Å²) in [5.41, 5.74) is -0.0557. The molecule has 172 valence electrons. The lowest BCUT2D eigenvalue weighted by Crippen LogP contribution is -2.31. The van der Waals surface area contributed by atoms with Gasteiger partial charge in [0.15, 0.2) is 5.82 Å². The summed E-state index contributed by atoms with van der Waals surface area (Å²) in [6, 6.07) is 12.3. The van der Waals surface area contributed by atoms with E-state index >= 15 is 0 Å². The monoisotopic (exact) mass is 486 g/mol. The summed E-state index contributed by atoms with van der Waals surface area (Å²) < 4.78 is 34.2. The fourth-order valence-electron chi connectivity index (χ4n) is 4.84. The molecule has 1 aromatic carbocycles. The molecule has 2 aromatic heterocycles. The first kappa shape index (κ1) is 21.9. The number of halogens is 1. The molecule has 1 unspecified atom stereocenters. The molecule has 1 N–H and O–H groups in total. The van der Waals surface area contributed by atoms with Gasteiger partial charge in [0.2, 0.25) is 5.88 Å². The Morgan fingerprint density at radius 2 is 1.94 bits per heavy atom. The lowest BCUT2D eigenvalue weighted by molar-refractivity contribution is 0.0981. The first-order valence-electron chi connectivity index (χ1n) is 10.9. The normalized spacial score (nSPS) is 21.8. The number of hydrogen-bond donors (Lipinski definition) is 1. The van der Waals surface area contributed by atoms with Crippen LogP contribution in [0, 0.1) is 17.8 Å². The van der Waals surface area contributed by atoms with E-state index in [4.69, 9.17) is 16.3 Å². The highest BCUT2D eigenvalue weighted by Crippen LogP contribution is 2.48. The van der Waals surface area contributed by atoms with Crippen molar-refractivity contribution in [2.75, 3.05) is 6.61 Å². The van der Waals surface area contributed by atoms with Crippen LogP contribution >= 0.6 is 11.6 Å². The van der Waals surface area contributed by atoms with E-state index in [-0.39, 0.29) is 15.6 Å². The highest BCUT2D eigenvalue weighted by molar-refractivity contribution is 7.90. The molecule has 5 rings (SSSR count). The molecule has 0 saturated heterocycles. The third-order valence-electron chi connectivity index (χ3n) is 6.49. The number of benzene rings is 1. The SMILES string of the molecule is O=C(NS(=O)(=O)c1ccccc1)c1ccc(-n2ccc(OCC3C[C@H]4CC[C@@H]3C4)n2)nc1Cl. The predicted molar refractivity (Wildman–Crippen MR) is 122 cm³/mol. The van der Waals surface area contributed by atoms with Crippen LogP contribution in [0.15, 0.2) is 59.6 Å². The van der Waals surface area contributed by atoms with E-state index < -0.39 is 15.9 Å². The molecule has 8 nitrogen and oxygen atoms in total. The summed E-state index contributed by atoms with van der Waals surface area (Å²) in [6.07, 6.45) is 6.94. The molecule has 3 aromatic rings. The molecule has 2 aliphatic carbocycles. The van der Waals surface area contributed by atoms with Crippen molar-refractivity contribution in [1.29, 1.82) is 0 Å². The lowest BCUT2D eigenvalue weighted by Gasteiger charge is -2.20. The highest BCUT2D eigenvalue weighted by Gasteiger charge is 2.39. The Morgan fingerprint density at radius 1 is 1.12 bits per heavy atom. The Balaban J connectivity index is 1.25. The zero-order chi connectivity index (χ0) is 23.0. The number of pyridine rings is 1. The standard InChI is InChI=1S/C23H23ClN4O4S/c24-22-19(23(29)27-33(30,31)18-4-2-1-3-5-18)8-9-20(25-22)28-11-10-21(26-28)32-14-17-13-15-6-7-16(17)12-15/h1-5,8-11,15-17H,6-7,12-14H2,(H,27,29)/t15-,16+,17?/m0/s1. The summed E-state index contributed by atoms with van der Waals surface area (Å²) in [7, 11) is -4.02. The van der Waals surface area contributed by atoms with Crippen LogP contribution in [-0.4, -0.2) is 35.7 Å². The van der Waals surface area contributed by atoms with Crippen LogP contribution in [-0.2, 0) is 10.0 Å². The minimum absolute atomic E-state index is 0.0199. The van der Waals surface area contributed by atoms with Gasteiger partial charge < -0.3 is 4.74 Å². The molecule has 0 aliphatic heterocycles. The van der Waals surface area contributed by atoms with Gasteiger partial charge in [-0.15, -0.1) is 5.10 Å². The number of amides is 1. The molecule has 2 heterocycles. The average molecular weight is 487 g/mol. The summed E-state index contributed by atoms with van der Waals surface area (Å²) in [4.78, 5) is 16.7. The number of nitrogens with one attached hydrogen (secondary N) is 1. The van der Waals surface area contributed by atoms with Gasteiger partial charge in [-0.3, -0.25) is 4.79 Å². The van der Waals surface area contributed by atoms with Crippen LogP contribution in [0.4, 0.5) is 0 Å². The van der Waals surface area contributed by atoms with Crippen molar-refractivity contribution in [3.05, 3.63) is 65.4 Å². The number of carbonyl (C=O) groups excluding carboxylic acids is 1. The maximum atomic E-state index is 12.5. The van der Waals surface area contributed by atoms with E-state index in [1.807, 2.05) is 4.72 Å². The van der Waals surface area contributed by atoms with Gasteiger partial charge in [0.05, 0.1) is 17.1 Å². The van der Waals surface area contributed by atoms with Crippen molar-refractivity contribution in [3.8, 4) is 11.7 Å². The fourth-order valence-corrected chi connectivity index (χ4v) is 6.06. The maximum absolute atomic E-state index is 12.5. The third kappa shape index (κ3) is 4.60. The Bertz CT molecular complexity index is 1280. The van der Waals surface area contributed by atoms with Crippen molar-refractivity contribution in [1.82, 2.24) is 19.5 Å². The summed E-state index contributed by atoms with van der Waals surface area (Å²) in [5, 5.41) is 4.26. The van der Waals surface area contributed by atoms with Crippen molar-refractivity contribution in [2.24, 2.45) is 17.8 Å². The van der Waals surface area contributed by atoms with E-state index in [1.54, 1.807) is 36.5 Å². The molecule has 33 heavy (non-hydrogen) atoms. The predicted octanol–water partition coefficient (Wildman–Crippen LogP) is 3.85. The van der Waals surface area contributed by atoms with E-state index in [9.17, 15) is 13.2 Å². The Labute approximate surface area is 197 Å². The number of fused-ring (bicyclic) bond motifs is 2. The Kier molecular flexibility index (Phi) is 5.84. The third-order valence-corrected chi connectivity index (χ3v) is 8.12. The van der Waals surface area contributed by atoms with E-state index in [0.29, 0.717) is 24.2 Å². The summed E-state index contributed by atoms with van der Waals surface area (Å²) in [5.74, 6) is 2.28. The molecule has 3 atom stereocenters. The van der Waals surface area contributed by atoms with E-state index in [2.05, 4.69) is 10.1 Å². The van der Waals surface area contributed by atoms with Gasteiger partial charge in [0, 0.05) is 12.3 Å². The van der Waals surface area contributed by atoms with Crippen LogP contribution in [0.5, 0.6) is 5.88 Å². The van der Waals surface area contributed by atoms with Crippen LogP contribution < -0.4 is 9.46 Å². The molecule has 1 amide bonds. The summed E-state index contributed by atoms with van der Waals surface area (Å²) in [6.45, 7) is 0.668. The Hall–Kier alpha value is -2.91. The van der Waals surface area contributed by atoms with E-state index in [1.165, 1.54) is 48.6 Å². The van der Waals surface area contributed by atoms with Crippen LogP contribution in [0.3, 0.4) is 0 Å². The minimum atomic E-state index is -4.02. The smallest absolute Gasteiger partial charge is 0.268 e. The van der Waals surface area contributed by atoms with Crippen LogP contribution in [0.2, 0.25) is 5.15 Å². The molecule has 2 saturated carbocycles. The number of rotatable bonds is 7. The van der Waals surface area contributed by atoms with Crippen molar-refractivity contribution in [3.63, 3.8) is 0 Å². The number of sulfonamides is 1. The Morgan fingerprint density at radius 3 is 2.64 bits per heavy atom. The quantitative estimate of drug-likeness (QED) is 0.509. The largest absolute Gasteiger partial charge is 0.476 e. The van der Waals surface area contributed by atoms with Gasteiger partial charge in [-0.2, -0.15) is 0 Å². The minimum Gasteiger partial charge on any atom is -0.476 e. The van der Waals surface area contributed by atoms with Gasteiger partial charge in [-0.25, -0.2) is 22.8 Å². The van der Waals surface area contributed by atoms with Crippen molar-refractivity contribution >= 4 is 27.5 Å². The van der Waals surface area contributed by atoms with Crippen molar-refractivity contribution < 1.29 is 17.9 Å². The van der Waals surface area contributed by atoms with Crippen molar-refractivity contribution in [2.45, 2.75) is 30.6 Å². The topological polar surface area (TPSA) is 103 Å². The zero-order valence-electron chi connectivity index (χ0n) is 17.7. The number of carbonyl (C=O) groups is 1. The highest BCUT2D eigenvalue weighted by atomic mass is 35.5. The second-order valence-corrected chi connectivity index (χ2v) is 10.6. The van der Waals surface area contributed by atoms with Gasteiger partial charge >= 0.3 is 0 Å². The van der Waals surface area contributed by atoms with Gasteiger partial charge in [-0.05, 0) is 61.3 Å². The first-order chi connectivity index (χ1) is 15.9. The van der Waals surface area contributed by atoms with Gasteiger partial charge in [-0.1, -0.05) is 36.2 Å².